The van der Waals surface area contributed by atoms with Crippen LogP contribution in [0.5, 0.6) is 0 Å². The van der Waals surface area contributed by atoms with E-state index in [9.17, 15) is 4.79 Å². The van der Waals surface area contributed by atoms with E-state index in [1.165, 1.54) is 16.7 Å². The number of rotatable bonds is 6. The van der Waals surface area contributed by atoms with Crippen LogP contribution >= 0.6 is 0 Å². The van der Waals surface area contributed by atoms with Crippen molar-refractivity contribution in [3.05, 3.63) is 34.9 Å². The summed E-state index contributed by atoms with van der Waals surface area (Å²) in [6, 6.07) is 6.58. The summed E-state index contributed by atoms with van der Waals surface area (Å²) in [5.74, 6) is 0.600. The minimum Gasteiger partial charge on any atom is -0.350 e. The maximum Gasteiger partial charge on any atom is 0.221 e. The van der Waals surface area contributed by atoms with Crippen LogP contribution in [0.3, 0.4) is 0 Å². The number of nitrogens with one attached hydrogen (secondary N) is 2. The van der Waals surface area contributed by atoms with Crippen molar-refractivity contribution in [1.29, 1.82) is 0 Å². The highest BCUT2D eigenvalue weighted by molar-refractivity contribution is 5.76. The minimum absolute atomic E-state index is 0.0584. The van der Waals surface area contributed by atoms with Crippen LogP contribution < -0.4 is 10.6 Å². The first-order chi connectivity index (χ1) is 8.95. The normalized spacial score (nSPS) is 12.5. The molecule has 0 aliphatic carbocycles. The molecule has 0 aliphatic heterocycles. The third kappa shape index (κ3) is 4.67. The second-order valence-corrected chi connectivity index (χ2v) is 5.41. The molecule has 1 atom stereocenters. The third-order valence-corrected chi connectivity index (χ3v) is 3.42. The van der Waals surface area contributed by atoms with Crippen molar-refractivity contribution in [2.75, 3.05) is 13.6 Å². The molecule has 19 heavy (non-hydrogen) atoms. The highest BCUT2D eigenvalue weighted by Gasteiger charge is 2.12. The van der Waals surface area contributed by atoms with Gasteiger partial charge in [-0.15, -0.1) is 0 Å². The van der Waals surface area contributed by atoms with Crippen molar-refractivity contribution < 1.29 is 4.79 Å². The van der Waals surface area contributed by atoms with Gasteiger partial charge in [0, 0.05) is 13.0 Å². The van der Waals surface area contributed by atoms with Crippen molar-refractivity contribution >= 4 is 5.91 Å². The van der Waals surface area contributed by atoms with Gasteiger partial charge in [-0.1, -0.05) is 32.0 Å². The van der Waals surface area contributed by atoms with Crippen LogP contribution in [0.25, 0.3) is 0 Å². The number of hydrogen-bond donors (Lipinski definition) is 2. The van der Waals surface area contributed by atoms with E-state index in [0.29, 0.717) is 18.9 Å². The fourth-order valence-corrected chi connectivity index (χ4v) is 2.11. The number of benzene rings is 1. The molecule has 1 rings (SSSR count). The Balaban J connectivity index is 2.78. The minimum atomic E-state index is 0.0584. The van der Waals surface area contributed by atoms with E-state index in [0.717, 1.165) is 0 Å². The summed E-state index contributed by atoms with van der Waals surface area (Å²) >= 11 is 0. The van der Waals surface area contributed by atoms with Crippen molar-refractivity contribution in [3.8, 4) is 0 Å². The summed E-state index contributed by atoms with van der Waals surface area (Å²) in [6.45, 7) is 9.22. The number of hydrogen-bond acceptors (Lipinski definition) is 2. The SMILES string of the molecule is CNCCC(=O)NC(C)c1cc(C(C)C)ccc1C. The number of carbonyl (C=O) groups excluding carboxylic acids is 1. The van der Waals surface area contributed by atoms with Gasteiger partial charge in [-0.05, 0) is 43.5 Å². The number of carbonyl (C=O) groups is 1. The van der Waals surface area contributed by atoms with Crippen LogP contribution in [0.2, 0.25) is 0 Å². The molecule has 1 aromatic carbocycles. The predicted molar refractivity (Wildman–Crippen MR) is 80.4 cm³/mol. The zero-order valence-corrected chi connectivity index (χ0v) is 12.7. The average molecular weight is 262 g/mol. The summed E-state index contributed by atoms with van der Waals surface area (Å²) < 4.78 is 0. The van der Waals surface area contributed by atoms with Crippen LogP contribution in [-0.2, 0) is 4.79 Å². The van der Waals surface area contributed by atoms with Gasteiger partial charge >= 0.3 is 0 Å². The summed E-state index contributed by atoms with van der Waals surface area (Å²) in [7, 11) is 1.85. The highest BCUT2D eigenvalue weighted by Crippen LogP contribution is 2.23. The molecule has 0 spiro atoms. The first-order valence-electron chi connectivity index (χ1n) is 7.00. The topological polar surface area (TPSA) is 41.1 Å². The molecule has 0 heterocycles. The van der Waals surface area contributed by atoms with Crippen molar-refractivity contribution in [3.63, 3.8) is 0 Å². The molecule has 1 unspecified atom stereocenters. The summed E-state index contributed by atoms with van der Waals surface area (Å²) in [5.41, 5.74) is 3.76. The second-order valence-electron chi connectivity index (χ2n) is 5.41. The Labute approximate surface area is 116 Å². The van der Waals surface area contributed by atoms with Crippen LogP contribution in [0.1, 0.15) is 55.8 Å². The molecule has 0 radical (unpaired) electrons. The van der Waals surface area contributed by atoms with Gasteiger partial charge < -0.3 is 10.6 Å². The van der Waals surface area contributed by atoms with Gasteiger partial charge in [0.15, 0.2) is 0 Å². The quantitative estimate of drug-likeness (QED) is 0.827. The Morgan fingerprint density at radius 1 is 1.26 bits per heavy atom. The fraction of sp³-hybridized carbons (Fsp3) is 0.562. The number of amides is 1. The first kappa shape index (κ1) is 15.7. The average Bonchev–Trinajstić information content (AvgIpc) is 2.36. The molecule has 0 bridgehead atoms. The lowest BCUT2D eigenvalue weighted by Gasteiger charge is -2.19. The fourth-order valence-electron chi connectivity index (χ4n) is 2.11. The van der Waals surface area contributed by atoms with Gasteiger partial charge in [-0.2, -0.15) is 0 Å². The van der Waals surface area contributed by atoms with Gasteiger partial charge in [0.05, 0.1) is 6.04 Å². The molecule has 2 N–H and O–H groups in total. The summed E-state index contributed by atoms with van der Waals surface area (Å²) in [6.07, 6.45) is 0.518. The zero-order valence-electron chi connectivity index (χ0n) is 12.7. The third-order valence-electron chi connectivity index (χ3n) is 3.42. The van der Waals surface area contributed by atoms with E-state index in [-0.39, 0.29) is 11.9 Å². The van der Waals surface area contributed by atoms with E-state index in [4.69, 9.17) is 0 Å². The Kier molecular flexibility index (Phi) is 6.03. The summed E-state index contributed by atoms with van der Waals surface area (Å²) in [4.78, 5) is 11.8. The molecule has 0 aliphatic rings. The first-order valence-corrected chi connectivity index (χ1v) is 7.00. The zero-order chi connectivity index (χ0) is 14.4. The van der Waals surface area contributed by atoms with E-state index in [1.54, 1.807) is 0 Å². The van der Waals surface area contributed by atoms with E-state index in [2.05, 4.69) is 49.6 Å². The van der Waals surface area contributed by atoms with Crippen LogP contribution in [0, 0.1) is 6.92 Å². The number of aryl methyl sites for hydroxylation is 1. The molecule has 3 heteroatoms. The Bertz CT molecular complexity index is 427. The maximum atomic E-state index is 11.8. The van der Waals surface area contributed by atoms with Gasteiger partial charge in [0.1, 0.15) is 0 Å². The van der Waals surface area contributed by atoms with Gasteiger partial charge in [0.25, 0.3) is 0 Å². The smallest absolute Gasteiger partial charge is 0.221 e. The van der Waals surface area contributed by atoms with Crippen LogP contribution in [0.4, 0.5) is 0 Å². The molecule has 1 aromatic rings. The monoisotopic (exact) mass is 262 g/mol. The molecule has 0 saturated carbocycles. The Hall–Kier alpha value is -1.35. The summed E-state index contributed by atoms with van der Waals surface area (Å²) in [5, 5.41) is 6.05. The molecular formula is C16H26N2O. The standard InChI is InChI=1S/C16H26N2O/c1-11(2)14-7-6-12(3)15(10-14)13(4)18-16(19)8-9-17-5/h6-7,10-11,13,17H,8-9H2,1-5H3,(H,18,19). The maximum absolute atomic E-state index is 11.8. The largest absolute Gasteiger partial charge is 0.350 e. The highest BCUT2D eigenvalue weighted by atomic mass is 16.1. The lowest BCUT2D eigenvalue weighted by Crippen LogP contribution is -2.29. The molecule has 0 aromatic heterocycles. The van der Waals surface area contributed by atoms with E-state index >= 15 is 0 Å². The van der Waals surface area contributed by atoms with Crippen LogP contribution in [-0.4, -0.2) is 19.5 Å². The Morgan fingerprint density at radius 2 is 1.95 bits per heavy atom. The van der Waals surface area contributed by atoms with Gasteiger partial charge in [-0.25, -0.2) is 0 Å². The Morgan fingerprint density at radius 3 is 2.53 bits per heavy atom. The van der Waals surface area contributed by atoms with E-state index in [1.807, 2.05) is 14.0 Å². The molecular weight excluding hydrogens is 236 g/mol. The van der Waals surface area contributed by atoms with Gasteiger partial charge in [-0.3, -0.25) is 4.79 Å². The van der Waals surface area contributed by atoms with Crippen molar-refractivity contribution in [2.45, 2.75) is 46.1 Å². The molecule has 1 amide bonds. The molecule has 106 valence electrons. The predicted octanol–water partition coefficient (Wildman–Crippen LogP) is 2.91. The molecule has 0 fully saturated rings. The lowest BCUT2D eigenvalue weighted by atomic mass is 9.94. The van der Waals surface area contributed by atoms with Crippen molar-refractivity contribution in [2.24, 2.45) is 0 Å². The molecule has 0 saturated heterocycles. The van der Waals surface area contributed by atoms with Crippen molar-refractivity contribution in [1.82, 2.24) is 10.6 Å². The molecule has 3 nitrogen and oxygen atoms in total. The van der Waals surface area contributed by atoms with Crippen LogP contribution in [0.15, 0.2) is 18.2 Å². The lowest BCUT2D eigenvalue weighted by molar-refractivity contribution is -0.121. The van der Waals surface area contributed by atoms with Gasteiger partial charge in [0.2, 0.25) is 5.91 Å². The van der Waals surface area contributed by atoms with E-state index < -0.39 is 0 Å². The second kappa shape index (κ2) is 7.29.